The zero-order valence-corrected chi connectivity index (χ0v) is 18.2. The number of ether oxygens (including phenoxy) is 4. The fourth-order valence-electron chi connectivity index (χ4n) is 3.14. The largest absolute Gasteiger partial charge is 0.496 e. The van der Waals surface area contributed by atoms with E-state index in [1.165, 1.54) is 7.11 Å². The van der Waals surface area contributed by atoms with Crippen LogP contribution in [0.3, 0.4) is 0 Å². The van der Waals surface area contributed by atoms with Gasteiger partial charge in [0, 0.05) is 24.7 Å². The maximum absolute atomic E-state index is 11.9. The Morgan fingerprint density at radius 3 is 2.58 bits per heavy atom. The van der Waals surface area contributed by atoms with Crippen LogP contribution in [0.4, 0.5) is 0 Å². The molecule has 0 spiro atoms. The molecule has 0 aliphatic heterocycles. The lowest BCUT2D eigenvalue weighted by atomic mass is 10.1. The summed E-state index contributed by atoms with van der Waals surface area (Å²) in [5, 5.41) is 0. The first-order valence-electron chi connectivity index (χ1n) is 10.1. The van der Waals surface area contributed by atoms with Gasteiger partial charge in [-0.3, -0.25) is 0 Å². The molecule has 0 fully saturated rings. The van der Waals surface area contributed by atoms with Gasteiger partial charge in [0.1, 0.15) is 29.6 Å². The maximum atomic E-state index is 11.9. The number of methoxy groups -OCH3 is 2. The normalized spacial score (nSPS) is 11.7. The summed E-state index contributed by atoms with van der Waals surface area (Å²) in [5.74, 6) is 2.08. The minimum atomic E-state index is -0.690. The van der Waals surface area contributed by atoms with Gasteiger partial charge in [-0.15, -0.1) is 0 Å². The number of aryl methyl sites for hydroxylation is 1. The zero-order valence-electron chi connectivity index (χ0n) is 18.2. The van der Waals surface area contributed by atoms with E-state index in [2.05, 4.69) is 4.98 Å². The van der Waals surface area contributed by atoms with Crippen LogP contribution in [0.15, 0.2) is 52.9 Å². The molecule has 7 heteroatoms. The molecule has 7 nitrogen and oxygen atoms in total. The average Bonchev–Trinajstić information content (AvgIpc) is 3.18. The van der Waals surface area contributed by atoms with Crippen molar-refractivity contribution in [1.82, 2.24) is 4.98 Å². The summed E-state index contributed by atoms with van der Waals surface area (Å²) < 4.78 is 27.5. The molecule has 1 atom stereocenters. The van der Waals surface area contributed by atoms with Crippen molar-refractivity contribution in [3.8, 4) is 23.0 Å². The summed E-state index contributed by atoms with van der Waals surface area (Å²) in [7, 11) is 2.92. The van der Waals surface area contributed by atoms with Gasteiger partial charge >= 0.3 is 5.97 Å². The van der Waals surface area contributed by atoms with Crippen molar-refractivity contribution in [2.24, 2.45) is 0 Å². The SMILES string of the molecule is CCOC(Cc1ccc(OCc2nc(-c3ccccc3)oc2C)cc1OC)C(=O)OC. The van der Waals surface area contributed by atoms with Crippen molar-refractivity contribution in [2.75, 3.05) is 20.8 Å². The molecule has 0 aliphatic carbocycles. The van der Waals surface area contributed by atoms with E-state index in [-0.39, 0.29) is 6.61 Å². The van der Waals surface area contributed by atoms with Crippen LogP contribution in [-0.4, -0.2) is 37.9 Å². The van der Waals surface area contributed by atoms with Crippen molar-refractivity contribution in [3.05, 3.63) is 65.5 Å². The second-order valence-electron chi connectivity index (χ2n) is 6.82. The average molecular weight is 425 g/mol. The summed E-state index contributed by atoms with van der Waals surface area (Å²) >= 11 is 0. The minimum absolute atomic E-state index is 0.258. The van der Waals surface area contributed by atoms with Crippen LogP contribution in [0.2, 0.25) is 0 Å². The van der Waals surface area contributed by atoms with Gasteiger partial charge in [-0.2, -0.15) is 0 Å². The molecule has 0 amide bonds. The highest BCUT2D eigenvalue weighted by Gasteiger charge is 2.22. The number of benzene rings is 2. The third-order valence-corrected chi connectivity index (χ3v) is 4.78. The van der Waals surface area contributed by atoms with Crippen LogP contribution < -0.4 is 9.47 Å². The Balaban J connectivity index is 1.70. The number of carbonyl (C=O) groups excluding carboxylic acids is 1. The number of carbonyl (C=O) groups is 1. The van der Waals surface area contributed by atoms with E-state index in [1.807, 2.05) is 56.3 Å². The first kappa shape index (κ1) is 22.4. The highest BCUT2D eigenvalue weighted by atomic mass is 16.6. The lowest BCUT2D eigenvalue weighted by Gasteiger charge is -2.17. The number of aromatic nitrogens is 1. The molecule has 0 saturated heterocycles. The Morgan fingerprint density at radius 1 is 1.13 bits per heavy atom. The van der Waals surface area contributed by atoms with Gasteiger partial charge < -0.3 is 23.4 Å². The van der Waals surface area contributed by atoms with Gasteiger partial charge in [-0.1, -0.05) is 24.3 Å². The number of hydrogen-bond donors (Lipinski definition) is 0. The van der Waals surface area contributed by atoms with Crippen LogP contribution in [0, 0.1) is 6.92 Å². The van der Waals surface area contributed by atoms with Crippen molar-refractivity contribution >= 4 is 5.97 Å². The second-order valence-corrected chi connectivity index (χ2v) is 6.82. The Kier molecular flexibility index (Phi) is 7.67. The Morgan fingerprint density at radius 2 is 1.90 bits per heavy atom. The van der Waals surface area contributed by atoms with E-state index in [9.17, 15) is 4.79 Å². The summed E-state index contributed by atoms with van der Waals surface area (Å²) in [5.41, 5.74) is 2.46. The number of hydrogen-bond acceptors (Lipinski definition) is 7. The molecule has 0 saturated carbocycles. The third kappa shape index (κ3) is 5.64. The second kappa shape index (κ2) is 10.6. The summed E-state index contributed by atoms with van der Waals surface area (Å²) in [6.45, 7) is 4.36. The van der Waals surface area contributed by atoms with Gasteiger partial charge in [0.15, 0.2) is 6.10 Å². The lowest BCUT2D eigenvalue weighted by Crippen LogP contribution is -2.28. The molecule has 3 rings (SSSR count). The molecule has 0 N–H and O–H groups in total. The van der Waals surface area contributed by atoms with E-state index in [0.29, 0.717) is 36.2 Å². The molecule has 1 aromatic heterocycles. The number of nitrogens with zero attached hydrogens (tertiary/aromatic N) is 1. The van der Waals surface area contributed by atoms with Crippen molar-refractivity contribution < 1.29 is 28.2 Å². The molecular weight excluding hydrogens is 398 g/mol. The van der Waals surface area contributed by atoms with Gasteiger partial charge in [0.05, 0.1) is 14.2 Å². The number of oxazole rings is 1. The van der Waals surface area contributed by atoms with Crippen molar-refractivity contribution in [1.29, 1.82) is 0 Å². The number of esters is 1. The first-order chi connectivity index (χ1) is 15.0. The van der Waals surface area contributed by atoms with Crippen LogP contribution in [0.5, 0.6) is 11.5 Å². The molecule has 3 aromatic rings. The monoisotopic (exact) mass is 425 g/mol. The molecule has 1 unspecified atom stereocenters. The zero-order chi connectivity index (χ0) is 22.2. The Labute approximate surface area is 181 Å². The van der Waals surface area contributed by atoms with E-state index < -0.39 is 12.1 Å². The maximum Gasteiger partial charge on any atom is 0.335 e. The predicted octanol–water partition coefficient (Wildman–Crippen LogP) is 4.36. The summed E-state index contributed by atoms with van der Waals surface area (Å²) in [6, 6.07) is 15.2. The van der Waals surface area contributed by atoms with E-state index in [4.69, 9.17) is 23.4 Å². The smallest absolute Gasteiger partial charge is 0.335 e. The predicted molar refractivity (Wildman–Crippen MR) is 115 cm³/mol. The van der Waals surface area contributed by atoms with Gasteiger partial charge in [-0.25, -0.2) is 9.78 Å². The molecule has 2 aromatic carbocycles. The molecular formula is C24H27NO6. The van der Waals surface area contributed by atoms with Gasteiger partial charge in [-0.05, 0) is 37.6 Å². The van der Waals surface area contributed by atoms with Crippen LogP contribution in [0.1, 0.15) is 23.9 Å². The van der Waals surface area contributed by atoms with Crippen LogP contribution >= 0.6 is 0 Å². The van der Waals surface area contributed by atoms with E-state index in [1.54, 1.807) is 13.2 Å². The Bertz CT molecular complexity index is 999. The topological polar surface area (TPSA) is 80.0 Å². The molecule has 0 aliphatic rings. The first-order valence-corrected chi connectivity index (χ1v) is 10.1. The standard InChI is InChI=1S/C24H27NO6/c1-5-29-22(24(26)28-4)13-18-11-12-19(14-21(18)27-3)30-15-20-16(2)31-23(25-20)17-9-7-6-8-10-17/h6-12,14,22H,5,13,15H2,1-4H3. The highest BCUT2D eigenvalue weighted by molar-refractivity contribution is 5.75. The van der Waals surface area contributed by atoms with E-state index in [0.717, 1.165) is 16.8 Å². The minimum Gasteiger partial charge on any atom is -0.496 e. The van der Waals surface area contributed by atoms with Crippen LogP contribution in [-0.2, 0) is 27.3 Å². The lowest BCUT2D eigenvalue weighted by molar-refractivity contribution is -0.153. The fourth-order valence-corrected chi connectivity index (χ4v) is 3.14. The van der Waals surface area contributed by atoms with Crippen LogP contribution in [0.25, 0.3) is 11.5 Å². The van der Waals surface area contributed by atoms with E-state index >= 15 is 0 Å². The van der Waals surface area contributed by atoms with Gasteiger partial charge in [0.25, 0.3) is 0 Å². The Hall–Kier alpha value is -3.32. The summed E-state index contributed by atoms with van der Waals surface area (Å²) in [6.07, 6.45) is -0.350. The molecule has 0 radical (unpaired) electrons. The van der Waals surface area contributed by atoms with Gasteiger partial charge in [0.2, 0.25) is 5.89 Å². The third-order valence-electron chi connectivity index (χ3n) is 4.78. The van der Waals surface area contributed by atoms with Crippen molar-refractivity contribution in [2.45, 2.75) is 33.0 Å². The molecule has 164 valence electrons. The number of rotatable bonds is 10. The molecule has 0 bridgehead atoms. The molecule has 1 heterocycles. The fraction of sp³-hybridized carbons (Fsp3) is 0.333. The quantitative estimate of drug-likeness (QED) is 0.447. The van der Waals surface area contributed by atoms with Crippen molar-refractivity contribution in [3.63, 3.8) is 0 Å². The summed E-state index contributed by atoms with van der Waals surface area (Å²) in [4.78, 5) is 16.5. The molecule has 31 heavy (non-hydrogen) atoms. The highest BCUT2D eigenvalue weighted by Crippen LogP contribution is 2.28.